The first-order valence-electron chi connectivity index (χ1n) is 5.03. The van der Waals surface area contributed by atoms with Gasteiger partial charge in [0.2, 0.25) is 0 Å². The van der Waals surface area contributed by atoms with Crippen molar-refractivity contribution >= 4 is 0 Å². The summed E-state index contributed by atoms with van der Waals surface area (Å²) in [4.78, 5) is 4.04. The summed E-state index contributed by atoms with van der Waals surface area (Å²) in [7, 11) is 0. The molecule has 0 bridgehead atoms. The molecule has 1 atom stereocenters. The molecule has 2 aromatic rings. The second kappa shape index (κ2) is 4.41. The largest absolute Gasteiger partial charge is 0.382 e. The molecule has 0 fully saturated rings. The van der Waals surface area contributed by atoms with E-state index in [1.807, 2.05) is 13.0 Å². The predicted octanol–water partition coefficient (Wildman–Crippen LogP) is 2.61. The molecule has 0 saturated carbocycles. The highest BCUT2D eigenvalue weighted by atomic mass is 19.1. The molecule has 0 spiro atoms. The van der Waals surface area contributed by atoms with Gasteiger partial charge >= 0.3 is 0 Å². The van der Waals surface area contributed by atoms with Crippen molar-refractivity contribution in [3.05, 3.63) is 65.2 Å². The van der Waals surface area contributed by atoms with Gasteiger partial charge in [-0.15, -0.1) is 0 Å². The minimum atomic E-state index is -1.01. The second-order valence-electron chi connectivity index (χ2n) is 3.68. The van der Waals surface area contributed by atoms with Crippen molar-refractivity contribution in [3.8, 4) is 0 Å². The zero-order chi connectivity index (χ0) is 11.5. The van der Waals surface area contributed by atoms with Gasteiger partial charge in [0, 0.05) is 11.8 Å². The Morgan fingerprint density at radius 2 is 2.00 bits per heavy atom. The summed E-state index contributed by atoms with van der Waals surface area (Å²) in [6.07, 6.45) is 0.593. The standard InChI is InChI=1S/C13H12FNO/c1-9-6-7-15-12(8-9)13(16)10-4-2-3-5-11(10)14/h2-8,13,16H,1H3. The molecule has 1 unspecified atom stereocenters. The maximum Gasteiger partial charge on any atom is 0.129 e. The van der Waals surface area contributed by atoms with E-state index in [2.05, 4.69) is 4.98 Å². The van der Waals surface area contributed by atoms with Crippen LogP contribution in [-0.4, -0.2) is 10.1 Å². The van der Waals surface area contributed by atoms with Crippen molar-refractivity contribution in [1.29, 1.82) is 0 Å². The lowest BCUT2D eigenvalue weighted by atomic mass is 10.0. The summed E-state index contributed by atoms with van der Waals surface area (Å²) in [5, 5.41) is 9.99. The minimum Gasteiger partial charge on any atom is -0.382 e. The van der Waals surface area contributed by atoms with Crippen LogP contribution in [0.3, 0.4) is 0 Å². The summed E-state index contributed by atoms with van der Waals surface area (Å²) in [5.41, 5.74) is 1.70. The van der Waals surface area contributed by atoms with E-state index in [4.69, 9.17) is 0 Å². The first kappa shape index (κ1) is 10.8. The molecule has 0 saturated heterocycles. The van der Waals surface area contributed by atoms with E-state index >= 15 is 0 Å². The fourth-order valence-electron chi connectivity index (χ4n) is 1.57. The smallest absolute Gasteiger partial charge is 0.129 e. The normalized spacial score (nSPS) is 12.4. The fourth-order valence-corrected chi connectivity index (χ4v) is 1.57. The molecule has 0 radical (unpaired) electrons. The van der Waals surface area contributed by atoms with Gasteiger partial charge in [0.05, 0.1) is 5.69 Å². The number of halogens is 1. The first-order valence-corrected chi connectivity index (χ1v) is 5.03. The molecule has 0 aliphatic rings. The molecule has 1 heterocycles. The number of benzene rings is 1. The van der Waals surface area contributed by atoms with E-state index in [1.165, 1.54) is 6.07 Å². The molecule has 1 aromatic carbocycles. The minimum absolute atomic E-state index is 0.251. The third-order valence-electron chi connectivity index (χ3n) is 2.42. The Hall–Kier alpha value is -1.74. The fraction of sp³-hybridized carbons (Fsp3) is 0.154. The van der Waals surface area contributed by atoms with Gasteiger partial charge in [-0.05, 0) is 30.7 Å². The van der Waals surface area contributed by atoms with Gasteiger partial charge < -0.3 is 5.11 Å². The Morgan fingerprint density at radius 1 is 1.25 bits per heavy atom. The van der Waals surface area contributed by atoms with Crippen molar-refractivity contribution in [2.45, 2.75) is 13.0 Å². The van der Waals surface area contributed by atoms with Crippen LogP contribution < -0.4 is 0 Å². The number of pyridine rings is 1. The molecule has 0 aliphatic heterocycles. The third kappa shape index (κ3) is 2.09. The molecule has 1 aromatic heterocycles. The number of aliphatic hydroxyl groups is 1. The average molecular weight is 217 g/mol. The molecule has 0 amide bonds. The Balaban J connectivity index is 2.39. The molecular formula is C13H12FNO. The lowest BCUT2D eigenvalue weighted by Gasteiger charge is -2.11. The molecular weight excluding hydrogens is 205 g/mol. The van der Waals surface area contributed by atoms with Crippen LogP contribution in [-0.2, 0) is 0 Å². The van der Waals surface area contributed by atoms with Gasteiger partial charge in [0.15, 0.2) is 0 Å². The lowest BCUT2D eigenvalue weighted by molar-refractivity contribution is 0.210. The SMILES string of the molecule is Cc1ccnc(C(O)c2ccccc2F)c1. The van der Waals surface area contributed by atoms with Crippen molar-refractivity contribution in [1.82, 2.24) is 4.98 Å². The first-order chi connectivity index (χ1) is 7.68. The van der Waals surface area contributed by atoms with E-state index in [9.17, 15) is 9.50 Å². The Kier molecular flexibility index (Phi) is 2.97. The molecule has 2 rings (SSSR count). The number of aromatic nitrogens is 1. The van der Waals surface area contributed by atoms with Crippen LogP contribution in [0.15, 0.2) is 42.6 Å². The van der Waals surface area contributed by atoms with Crippen LogP contribution in [0.2, 0.25) is 0 Å². The number of aliphatic hydroxyl groups excluding tert-OH is 1. The van der Waals surface area contributed by atoms with E-state index in [1.54, 1.807) is 30.5 Å². The maximum absolute atomic E-state index is 13.4. The predicted molar refractivity (Wildman–Crippen MR) is 59.4 cm³/mol. The quantitative estimate of drug-likeness (QED) is 0.838. The zero-order valence-corrected chi connectivity index (χ0v) is 8.89. The third-order valence-corrected chi connectivity index (χ3v) is 2.42. The highest BCUT2D eigenvalue weighted by Crippen LogP contribution is 2.22. The molecule has 16 heavy (non-hydrogen) atoms. The van der Waals surface area contributed by atoms with Crippen molar-refractivity contribution in [2.24, 2.45) is 0 Å². The van der Waals surface area contributed by atoms with Gasteiger partial charge in [-0.2, -0.15) is 0 Å². The maximum atomic E-state index is 13.4. The number of hydrogen-bond acceptors (Lipinski definition) is 2. The van der Waals surface area contributed by atoms with Crippen LogP contribution in [0.1, 0.15) is 22.9 Å². The number of aryl methyl sites for hydroxylation is 1. The summed E-state index contributed by atoms with van der Waals surface area (Å²) >= 11 is 0. The highest BCUT2D eigenvalue weighted by molar-refractivity contribution is 5.28. The second-order valence-corrected chi connectivity index (χ2v) is 3.68. The molecule has 3 heteroatoms. The van der Waals surface area contributed by atoms with Crippen LogP contribution in [0.25, 0.3) is 0 Å². The van der Waals surface area contributed by atoms with Crippen molar-refractivity contribution in [3.63, 3.8) is 0 Å². The van der Waals surface area contributed by atoms with Crippen LogP contribution >= 0.6 is 0 Å². The van der Waals surface area contributed by atoms with Gasteiger partial charge in [-0.3, -0.25) is 4.98 Å². The van der Waals surface area contributed by atoms with Gasteiger partial charge in [-0.1, -0.05) is 18.2 Å². The van der Waals surface area contributed by atoms with Crippen LogP contribution in [0, 0.1) is 12.7 Å². The summed E-state index contributed by atoms with van der Waals surface area (Å²) in [5.74, 6) is -0.418. The Bertz CT molecular complexity index is 499. The molecule has 1 N–H and O–H groups in total. The number of rotatable bonds is 2. The van der Waals surface area contributed by atoms with E-state index in [0.717, 1.165) is 5.56 Å². The molecule has 2 nitrogen and oxygen atoms in total. The van der Waals surface area contributed by atoms with Crippen molar-refractivity contribution in [2.75, 3.05) is 0 Å². The van der Waals surface area contributed by atoms with E-state index in [0.29, 0.717) is 5.69 Å². The van der Waals surface area contributed by atoms with Crippen LogP contribution in [0.5, 0.6) is 0 Å². The summed E-state index contributed by atoms with van der Waals surface area (Å²) < 4.78 is 13.4. The average Bonchev–Trinajstić information content (AvgIpc) is 2.29. The molecule has 82 valence electrons. The topological polar surface area (TPSA) is 33.1 Å². The van der Waals surface area contributed by atoms with Gasteiger partial charge in [0.1, 0.15) is 11.9 Å². The Labute approximate surface area is 93.4 Å². The van der Waals surface area contributed by atoms with E-state index in [-0.39, 0.29) is 5.56 Å². The van der Waals surface area contributed by atoms with Crippen molar-refractivity contribution < 1.29 is 9.50 Å². The highest BCUT2D eigenvalue weighted by Gasteiger charge is 2.15. The van der Waals surface area contributed by atoms with Gasteiger partial charge in [0.25, 0.3) is 0 Å². The van der Waals surface area contributed by atoms with Gasteiger partial charge in [-0.25, -0.2) is 4.39 Å². The zero-order valence-electron chi connectivity index (χ0n) is 8.89. The van der Waals surface area contributed by atoms with E-state index < -0.39 is 11.9 Å². The monoisotopic (exact) mass is 217 g/mol. The Morgan fingerprint density at radius 3 is 2.69 bits per heavy atom. The van der Waals surface area contributed by atoms with Crippen LogP contribution in [0.4, 0.5) is 4.39 Å². The number of hydrogen-bond donors (Lipinski definition) is 1. The summed E-state index contributed by atoms with van der Waals surface area (Å²) in [6.45, 7) is 1.90. The lowest BCUT2D eigenvalue weighted by Crippen LogP contribution is -2.04. The molecule has 0 aliphatic carbocycles. The number of nitrogens with zero attached hydrogens (tertiary/aromatic N) is 1. The summed E-state index contributed by atoms with van der Waals surface area (Å²) in [6, 6.07) is 9.75.